The molecule has 0 aliphatic carbocycles. The minimum Gasteiger partial charge on any atom is -0.326 e. The highest BCUT2D eigenvalue weighted by molar-refractivity contribution is 7.91. The molecule has 1 heterocycles. The lowest BCUT2D eigenvalue weighted by Gasteiger charge is -2.16. The summed E-state index contributed by atoms with van der Waals surface area (Å²) in [6, 6.07) is 12.4. The van der Waals surface area contributed by atoms with Crippen LogP contribution in [0.2, 0.25) is 0 Å². The van der Waals surface area contributed by atoms with Crippen molar-refractivity contribution in [1.82, 2.24) is 0 Å². The van der Waals surface area contributed by atoms with Crippen LogP contribution in [-0.4, -0.2) is 32.5 Å². The predicted molar refractivity (Wildman–Crippen MR) is 119 cm³/mol. The summed E-state index contributed by atoms with van der Waals surface area (Å²) in [6.07, 6.45) is 0.928. The third-order valence-electron chi connectivity index (χ3n) is 5.37. The van der Waals surface area contributed by atoms with Gasteiger partial charge in [-0.2, -0.15) is 0 Å². The molecule has 2 aromatic rings. The summed E-state index contributed by atoms with van der Waals surface area (Å²) >= 11 is 0. The van der Waals surface area contributed by atoms with Crippen LogP contribution in [0.1, 0.15) is 50.7 Å². The summed E-state index contributed by atoms with van der Waals surface area (Å²) in [5, 5.41) is 2.75. The molecule has 0 radical (unpaired) electrons. The Bertz CT molecular complexity index is 1040. The maximum Gasteiger partial charge on any atom is 0.226 e. The Morgan fingerprint density at radius 3 is 2.43 bits per heavy atom. The molecule has 2 amide bonds. The van der Waals surface area contributed by atoms with Gasteiger partial charge < -0.3 is 10.2 Å². The molecule has 0 aromatic heterocycles. The van der Waals surface area contributed by atoms with Crippen molar-refractivity contribution in [3.63, 3.8) is 0 Å². The van der Waals surface area contributed by atoms with Crippen LogP contribution in [0.5, 0.6) is 0 Å². The Hall–Kier alpha value is -2.67. The second-order valence-electron chi connectivity index (χ2n) is 7.83. The number of nitrogens with zero attached hydrogens (tertiary/aromatic N) is 1. The average Bonchev–Trinajstić information content (AvgIpc) is 3.15. The molecular weight excluding hydrogens is 400 g/mol. The van der Waals surface area contributed by atoms with Gasteiger partial charge in [-0.25, -0.2) is 8.42 Å². The van der Waals surface area contributed by atoms with Crippen LogP contribution in [0, 0.1) is 0 Å². The van der Waals surface area contributed by atoms with Gasteiger partial charge in [0.25, 0.3) is 0 Å². The number of amides is 2. The standard InChI is InChI=1S/C23H28N2O4S/c1-4-23(27)25-13-11-18-15-20(9-10-21(18)25)30(28,29)14-12-22(26)24-19-7-5-17(6-8-19)16(2)3/h5-10,15-16H,4,11-14H2,1-3H3,(H,24,26). The number of hydrogen-bond acceptors (Lipinski definition) is 4. The molecule has 0 bridgehead atoms. The maximum absolute atomic E-state index is 12.7. The molecule has 1 aliphatic heterocycles. The van der Waals surface area contributed by atoms with E-state index >= 15 is 0 Å². The monoisotopic (exact) mass is 428 g/mol. The van der Waals surface area contributed by atoms with E-state index in [2.05, 4.69) is 19.2 Å². The van der Waals surface area contributed by atoms with E-state index in [4.69, 9.17) is 0 Å². The molecule has 6 nitrogen and oxygen atoms in total. The Labute approximate surface area is 178 Å². The molecule has 2 aromatic carbocycles. The van der Waals surface area contributed by atoms with E-state index in [9.17, 15) is 18.0 Å². The van der Waals surface area contributed by atoms with Gasteiger partial charge in [-0.1, -0.05) is 32.9 Å². The fraction of sp³-hybridized carbons (Fsp3) is 0.391. The van der Waals surface area contributed by atoms with E-state index in [0.717, 1.165) is 11.3 Å². The number of carbonyl (C=O) groups is 2. The fourth-order valence-corrected chi connectivity index (χ4v) is 4.83. The zero-order valence-corrected chi connectivity index (χ0v) is 18.5. The summed E-state index contributed by atoms with van der Waals surface area (Å²) in [5.74, 6) is -0.169. The first kappa shape index (κ1) is 22.0. The number of nitrogens with one attached hydrogen (secondary N) is 1. The normalized spacial score (nSPS) is 13.4. The highest BCUT2D eigenvalue weighted by Gasteiger charge is 2.26. The van der Waals surface area contributed by atoms with Crippen molar-refractivity contribution in [3.05, 3.63) is 53.6 Å². The Kier molecular flexibility index (Phi) is 6.61. The van der Waals surface area contributed by atoms with Crippen molar-refractivity contribution in [1.29, 1.82) is 0 Å². The number of sulfone groups is 1. The van der Waals surface area contributed by atoms with Gasteiger partial charge in [0.2, 0.25) is 11.8 Å². The smallest absolute Gasteiger partial charge is 0.226 e. The predicted octanol–water partition coefficient (Wildman–Crippen LogP) is 3.91. The number of benzene rings is 2. The molecule has 30 heavy (non-hydrogen) atoms. The number of fused-ring (bicyclic) bond motifs is 1. The third-order valence-corrected chi connectivity index (χ3v) is 7.08. The minimum absolute atomic E-state index is 0.0301. The first-order valence-electron chi connectivity index (χ1n) is 10.3. The first-order chi connectivity index (χ1) is 14.2. The number of hydrogen-bond donors (Lipinski definition) is 1. The van der Waals surface area contributed by atoms with Crippen LogP contribution < -0.4 is 10.2 Å². The lowest BCUT2D eigenvalue weighted by Crippen LogP contribution is -2.27. The van der Waals surface area contributed by atoms with Crippen LogP contribution in [0.4, 0.5) is 11.4 Å². The van der Waals surface area contributed by atoms with Gasteiger partial charge in [0.05, 0.1) is 10.6 Å². The molecule has 0 saturated heterocycles. The Balaban J connectivity index is 1.63. The minimum atomic E-state index is -3.59. The summed E-state index contributed by atoms with van der Waals surface area (Å²) < 4.78 is 25.4. The molecule has 0 unspecified atom stereocenters. The second kappa shape index (κ2) is 9.00. The van der Waals surface area contributed by atoms with Crippen LogP contribution >= 0.6 is 0 Å². The van der Waals surface area contributed by atoms with Gasteiger partial charge in [0.15, 0.2) is 9.84 Å². The second-order valence-corrected chi connectivity index (χ2v) is 9.94. The fourth-order valence-electron chi connectivity index (χ4n) is 3.54. The molecule has 1 N–H and O–H groups in total. The third kappa shape index (κ3) is 4.90. The highest BCUT2D eigenvalue weighted by atomic mass is 32.2. The van der Waals surface area contributed by atoms with E-state index in [0.29, 0.717) is 31.0 Å². The number of anilines is 2. The van der Waals surface area contributed by atoms with Gasteiger partial charge >= 0.3 is 0 Å². The Morgan fingerprint density at radius 1 is 1.10 bits per heavy atom. The number of carbonyl (C=O) groups excluding carboxylic acids is 2. The molecule has 0 saturated carbocycles. The molecular formula is C23H28N2O4S. The van der Waals surface area contributed by atoms with Crippen molar-refractivity contribution in [3.8, 4) is 0 Å². The summed E-state index contributed by atoms with van der Waals surface area (Å²) in [6.45, 7) is 6.57. The van der Waals surface area contributed by atoms with Crippen LogP contribution in [0.15, 0.2) is 47.4 Å². The van der Waals surface area contributed by atoms with Crippen LogP contribution in [-0.2, 0) is 25.8 Å². The molecule has 160 valence electrons. The van der Waals surface area contributed by atoms with E-state index in [1.165, 1.54) is 11.6 Å². The molecule has 0 spiro atoms. The van der Waals surface area contributed by atoms with E-state index in [-0.39, 0.29) is 28.9 Å². The average molecular weight is 429 g/mol. The van der Waals surface area contributed by atoms with Crippen molar-refractivity contribution >= 4 is 33.0 Å². The number of rotatable bonds is 7. The Morgan fingerprint density at radius 2 is 1.80 bits per heavy atom. The van der Waals surface area contributed by atoms with Crippen molar-refractivity contribution in [2.45, 2.75) is 50.8 Å². The van der Waals surface area contributed by atoms with Gasteiger partial charge in [0.1, 0.15) is 0 Å². The molecule has 1 aliphatic rings. The summed E-state index contributed by atoms with van der Waals surface area (Å²) in [5.41, 5.74) is 3.46. The van der Waals surface area contributed by atoms with Gasteiger partial charge in [0, 0.05) is 30.8 Å². The van der Waals surface area contributed by atoms with Crippen molar-refractivity contribution in [2.24, 2.45) is 0 Å². The van der Waals surface area contributed by atoms with Gasteiger partial charge in [-0.15, -0.1) is 0 Å². The first-order valence-corrected chi connectivity index (χ1v) is 11.9. The summed E-state index contributed by atoms with van der Waals surface area (Å²) in [7, 11) is -3.59. The molecule has 0 atom stereocenters. The van der Waals surface area contributed by atoms with E-state index in [1.54, 1.807) is 17.0 Å². The molecule has 3 rings (SSSR count). The summed E-state index contributed by atoms with van der Waals surface area (Å²) in [4.78, 5) is 26.1. The van der Waals surface area contributed by atoms with Gasteiger partial charge in [-0.05, 0) is 53.8 Å². The van der Waals surface area contributed by atoms with Crippen LogP contribution in [0.3, 0.4) is 0 Å². The van der Waals surface area contributed by atoms with E-state index in [1.807, 2.05) is 31.2 Å². The zero-order chi connectivity index (χ0) is 21.9. The highest BCUT2D eigenvalue weighted by Crippen LogP contribution is 2.31. The molecule has 0 fully saturated rings. The van der Waals surface area contributed by atoms with Crippen molar-refractivity contribution < 1.29 is 18.0 Å². The lowest BCUT2D eigenvalue weighted by atomic mass is 10.0. The van der Waals surface area contributed by atoms with E-state index < -0.39 is 9.84 Å². The topological polar surface area (TPSA) is 83.6 Å². The quantitative estimate of drug-likeness (QED) is 0.725. The molecule has 7 heteroatoms. The van der Waals surface area contributed by atoms with Crippen LogP contribution in [0.25, 0.3) is 0 Å². The van der Waals surface area contributed by atoms with Crippen molar-refractivity contribution in [2.75, 3.05) is 22.5 Å². The maximum atomic E-state index is 12.7. The zero-order valence-electron chi connectivity index (χ0n) is 17.6. The SMILES string of the molecule is CCC(=O)N1CCc2cc(S(=O)(=O)CCC(=O)Nc3ccc(C(C)C)cc3)ccc21. The lowest BCUT2D eigenvalue weighted by molar-refractivity contribution is -0.118. The van der Waals surface area contributed by atoms with Gasteiger partial charge in [-0.3, -0.25) is 9.59 Å². The largest absolute Gasteiger partial charge is 0.326 e.